The molecule has 0 aromatic heterocycles. The molecule has 1 aromatic carbocycles. The number of rotatable bonds is 0. The largest absolute Gasteiger partial charge is 0.365 e. The molecule has 1 aromatic rings. The maximum atomic E-state index is 11.5. The summed E-state index contributed by atoms with van der Waals surface area (Å²) >= 11 is 0. The number of hydrogen-bond donors (Lipinski definition) is 1. The fraction of sp³-hybridized carbons (Fsp3) is 0.125. The van der Waals surface area contributed by atoms with Crippen LogP contribution in [0.2, 0.25) is 0 Å². The number of aliphatic imine (C=N–C) groups is 1. The minimum absolute atomic E-state index is 0.538. The fourth-order valence-corrected chi connectivity index (χ4v) is 2.19. The average molecular weight is 180 g/mol. The van der Waals surface area contributed by atoms with E-state index in [-0.39, 0.29) is 0 Å². The molecule has 0 amide bonds. The molecule has 12 heavy (non-hydrogen) atoms. The summed E-state index contributed by atoms with van der Waals surface area (Å²) in [5.41, 5.74) is 0.806. The molecule has 2 rings (SSSR count). The summed E-state index contributed by atoms with van der Waals surface area (Å²) in [6.07, 6.45) is 0. The van der Waals surface area contributed by atoms with Gasteiger partial charge < -0.3 is 5.32 Å². The van der Waals surface area contributed by atoms with Crippen molar-refractivity contribution in [2.75, 3.05) is 7.05 Å². The summed E-state index contributed by atoms with van der Waals surface area (Å²) in [6, 6.07) is 7.44. The molecule has 1 heterocycles. The lowest BCUT2D eigenvalue weighted by molar-refractivity contribution is 0.690. The highest BCUT2D eigenvalue weighted by molar-refractivity contribution is 8.01. The predicted molar refractivity (Wildman–Crippen MR) is 49.0 cm³/mol. The van der Waals surface area contributed by atoms with Gasteiger partial charge in [-0.15, -0.1) is 0 Å². The van der Waals surface area contributed by atoms with Crippen LogP contribution in [-0.4, -0.2) is 16.4 Å². The maximum absolute atomic E-state index is 11.5. The van der Waals surface area contributed by atoms with Gasteiger partial charge in [0.05, 0.1) is 10.6 Å². The van der Waals surface area contributed by atoms with Gasteiger partial charge in [-0.25, -0.2) is 9.20 Å². The Balaban J connectivity index is 2.54. The van der Waals surface area contributed by atoms with Crippen LogP contribution in [0.3, 0.4) is 0 Å². The van der Waals surface area contributed by atoms with Crippen molar-refractivity contribution < 1.29 is 4.21 Å². The number of para-hydroxylation sites is 1. The van der Waals surface area contributed by atoms with Crippen LogP contribution in [0.5, 0.6) is 0 Å². The van der Waals surface area contributed by atoms with Crippen molar-refractivity contribution in [3.8, 4) is 0 Å². The van der Waals surface area contributed by atoms with E-state index >= 15 is 0 Å². The van der Waals surface area contributed by atoms with Gasteiger partial charge in [0.2, 0.25) is 0 Å². The first-order valence-corrected chi connectivity index (χ1v) is 4.75. The summed E-state index contributed by atoms with van der Waals surface area (Å²) in [6.45, 7) is 0. The Labute approximate surface area is 73.0 Å². The molecule has 1 N–H and O–H groups in total. The van der Waals surface area contributed by atoms with E-state index in [0.717, 1.165) is 10.6 Å². The van der Waals surface area contributed by atoms with Crippen molar-refractivity contribution in [1.82, 2.24) is 5.32 Å². The van der Waals surface area contributed by atoms with Gasteiger partial charge in [0.25, 0.3) is 0 Å². The minimum Gasteiger partial charge on any atom is -0.365 e. The van der Waals surface area contributed by atoms with Gasteiger partial charge in [-0.1, -0.05) is 12.1 Å². The van der Waals surface area contributed by atoms with Gasteiger partial charge >= 0.3 is 0 Å². The quantitative estimate of drug-likeness (QED) is 0.647. The minimum atomic E-state index is -1.10. The summed E-state index contributed by atoms with van der Waals surface area (Å²) in [7, 11) is 0.628. The van der Waals surface area contributed by atoms with E-state index in [1.165, 1.54) is 0 Å². The molecule has 1 atom stereocenters. The molecule has 1 aliphatic rings. The van der Waals surface area contributed by atoms with Gasteiger partial charge in [0.15, 0.2) is 5.17 Å². The normalized spacial score (nSPS) is 20.1. The van der Waals surface area contributed by atoms with Gasteiger partial charge in [0, 0.05) is 7.05 Å². The SMILES string of the molecule is CNC1=Nc2ccccc2S1=O. The number of benzene rings is 1. The first-order valence-electron chi connectivity index (χ1n) is 3.60. The van der Waals surface area contributed by atoms with Crippen LogP contribution in [0.25, 0.3) is 0 Å². The highest BCUT2D eigenvalue weighted by Crippen LogP contribution is 2.28. The van der Waals surface area contributed by atoms with Crippen LogP contribution in [-0.2, 0) is 10.8 Å². The molecule has 1 unspecified atom stereocenters. The second-order valence-electron chi connectivity index (χ2n) is 2.40. The zero-order valence-electron chi connectivity index (χ0n) is 6.57. The fourth-order valence-electron chi connectivity index (χ4n) is 1.11. The van der Waals surface area contributed by atoms with E-state index in [4.69, 9.17) is 0 Å². The van der Waals surface area contributed by atoms with Crippen molar-refractivity contribution >= 4 is 21.7 Å². The average Bonchev–Trinajstić information content (AvgIpc) is 2.44. The van der Waals surface area contributed by atoms with E-state index in [2.05, 4.69) is 10.3 Å². The molecule has 0 aliphatic carbocycles. The van der Waals surface area contributed by atoms with Gasteiger partial charge in [-0.2, -0.15) is 0 Å². The van der Waals surface area contributed by atoms with E-state index in [1.807, 2.05) is 24.3 Å². The lowest BCUT2D eigenvalue weighted by Gasteiger charge is -1.94. The molecule has 4 heteroatoms. The van der Waals surface area contributed by atoms with Crippen LogP contribution >= 0.6 is 0 Å². The molecule has 0 spiro atoms. The summed E-state index contributed by atoms with van der Waals surface area (Å²) in [5, 5.41) is 3.35. The van der Waals surface area contributed by atoms with Crippen LogP contribution in [0.1, 0.15) is 0 Å². The first kappa shape index (κ1) is 7.49. The Kier molecular flexibility index (Phi) is 1.69. The van der Waals surface area contributed by atoms with Gasteiger partial charge in [0.1, 0.15) is 10.8 Å². The Bertz CT molecular complexity index is 373. The van der Waals surface area contributed by atoms with Gasteiger partial charge in [-0.05, 0) is 12.1 Å². The number of hydrogen-bond acceptors (Lipinski definition) is 3. The zero-order chi connectivity index (χ0) is 8.55. The van der Waals surface area contributed by atoms with E-state index in [0.29, 0.717) is 5.17 Å². The smallest absolute Gasteiger partial charge is 0.197 e. The summed E-state index contributed by atoms with van der Waals surface area (Å²) < 4.78 is 11.5. The van der Waals surface area contributed by atoms with Crippen molar-refractivity contribution in [1.29, 1.82) is 0 Å². The Hall–Kier alpha value is -1.16. The molecule has 0 fully saturated rings. The van der Waals surface area contributed by atoms with Crippen LogP contribution in [0, 0.1) is 0 Å². The lowest BCUT2D eigenvalue weighted by Crippen LogP contribution is -2.20. The second kappa shape index (κ2) is 2.71. The molecule has 0 saturated carbocycles. The molecule has 0 radical (unpaired) electrons. The van der Waals surface area contributed by atoms with E-state index in [1.54, 1.807) is 7.05 Å². The highest BCUT2D eigenvalue weighted by Gasteiger charge is 2.20. The molecule has 1 aliphatic heterocycles. The third kappa shape index (κ3) is 0.956. The maximum Gasteiger partial charge on any atom is 0.197 e. The zero-order valence-corrected chi connectivity index (χ0v) is 7.39. The van der Waals surface area contributed by atoms with Crippen LogP contribution < -0.4 is 5.32 Å². The molecule has 62 valence electrons. The van der Waals surface area contributed by atoms with E-state index < -0.39 is 10.8 Å². The Morgan fingerprint density at radius 3 is 2.83 bits per heavy atom. The Morgan fingerprint density at radius 1 is 1.42 bits per heavy atom. The third-order valence-electron chi connectivity index (χ3n) is 1.68. The molecule has 0 saturated heterocycles. The van der Waals surface area contributed by atoms with Crippen molar-refractivity contribution in [2.45, 2.75) is 4.90 Å². The second-order valence-corrected chi connectivity index (χ2v) is 3.77. The molecular weight excluding hydrogens is 172 g/mol. The lowest BCUT2D eigenvalue weighted by atomic mass is 10.3. The van der Waals surface area contributed by atoms with Gasteiger partial charge in [-0.3, -0.25) is 0 Å². The molecule has 0 bridgehead atoms. The Morgan fingerprint density at radius 2 is 2.17 bits per heavy atom. The van der Waals surface area contributed by atoms with Crippen LogP contribution in [0.4, 0.5) is 5.69 Å². The predicted octanol–water partition coefficient (Wildman–Crippen LogP) is 1.01. The van der Waals surface area contributed by atoms with Crippen molar-refractivity contribution in [3.05, 3.63) is 24.3 Å². The third-order valence-corrected chi connectivity index (χ3v) is 3.07. The number of nitrogens with one attached hydrogen (secondary N) is 1. The monoisotopic (exact) mass is 180 g/mol. The number of nitrogens with zero attached hydrogens (tertiary/aromatic N) is 1. The van der Waals surface area contributed by atoms with Crippen molar-refractivity contribution in [2.24, 2.45) is 4.99 Å². The number of fused-ring (bicyclic) bond motifs is 1. The summed E-state index contributed by atoms with van der Waals surface area (Å²) in [4.78, 5) is 4.95. The van der Waals surface area contributed by atoms with Crippen LogP contribution in [0.15, 0.2) is 34.2 Å². The highest BCUT2D eigenvalue weighted by atomic mass is 32.2. The number of amidine groups is 1. The topological polar surface area (TPSA) is 41.5 Å². The molecule has 3 nitrogen and oxygen atoms in total. The first-order chi connectivity index (χ1) is 5.83. The standard InChI is InChI=1S/C8H8N2OS/c1-9-8-10-6-4-2-3-5-7(6)12(8)11/h2-5H,1H3,(H,9,10). The van der Waals surface area contributed by atoms with Crippen molar-refractivity contribution in [3.63, 3.8) is 0 Å². The summed E-state index contributed by atoms with van der Waals surface area (Å²) in [5.74, 6) is 0. The molecular formula is C8H8N2OS. The van der Waals surface area contributed by atoms with E-state index in [9.17, 15) is 4.21 Å².